The van der Waals surface area contributed by atoms with Gasteiger partial charge in [-0.15, -0.1) is 0 Å². The molecule has 0 aliphatic carbocycles. The van der Waals surface area contributed by atoms with Gasteiger partial charge in [0.2, 0.25) is 0 Å². The number of aliphatic hydroxyl groups excluding tert-OH is 1. The predicted molar refractivity (Wildman–Crippen MR) is 66.2 cm³/mol. The zero-order valence-electron chi connectivity index (χ0n) is 9.80. The second-order valence-electron chi connectivity index (χ2n) is 4.26. The van der Waals surface area contributed by atoms with E-state index in [2.05, 4.69) is 5.32 Å². The van der Waals surface area contributed by atoms with Crippen LogP contribution >= 0.6 is 0 Å². The van der Waals surface area contributed by atoms with Crippen LogP contribution in [0.5, 0.6) is 0 Å². The molecule has 1 aliphatic rings. The van der Waals surface area contributed by atoms with Gasteiger partial charge in [-0.3, -0.25) is 4.79 Å². The lowest BCUT2D eigenvalue weighted by molar-refractivity contribution is 0.0765. The second kappa shape index (κ2) is 5.05. The van der Waals surface area contributed by atoms with Crippen LogP contribution in [-0.2, 0) is 0 Å². The van der Waals surface area contributed by atoms with Gasteiger partial charge in [-0.2, -0.15) is 0 Å². The van der Waals surface area contributed by atoms with Crippen molar-refractivity contribution in [3.05, 3.63) is 29.8 Å². The molecule has 0 bridgehead atoms. The number of nitrogens with two attached hydrogens (primary N) is 1. The van der Waals surface area contributed by atoms with E-state index in [0.717, 1.165) is 0 Å². The van der Waals surface area contributed by atoms with E-state index in [1.54, 1.807) is 29.2 Å². The molecule has 1 aromatic rings. The third kappa shape index (κ3) is 2.78. The highest BCUT2D eigenvalue weighted by molar-refractivity contribution is 5.95. The number of hydrogen-bond donors (Lipinski definition) is 3. The Bertz CT molecular complexity index is 458. The first-order chi connectivity index (χ1) is 8.56. The molecule has 0 saturated carbocycles. The van der Waals surface area contributed by atoms with E-state index in [0.29, 0.717) is 30.8 Å². The largest absolute Gasteiger partial charge is 0.391 e. The SMILES string of the molecule is NC(=O)Nc1ccc(C(=O)N2CC[C@H](O)C2)cc1. The van der Waals surface area contributed by atoms with Crippen molar-refractivity contribution >= 4 is 17.6 Å². The molecule has 0 aromatic heterocycles. The van der Waals surface area contributed by atoms with Gasteiger partial charge in [0, 0.05) is 24.3 Å². The molecule has 18 heavy (non-hydrogen) atoms. The topological polar surface area (TPSA) is 95.7 Å². The Morgan fingerprint density at radius 1 is 1.33 bits per heavy atom. The van der Waals surface area contributed by atoms with Gasteiger partial charge in [0.1, 0.15) is 0 Å². The summed E-state index contributed by atoms with van der Waals surface area (Å²) in [7, 11) is 0. The average molecular weight is 249 g/mol. The number of primary amides is 1. The van der Waals surface area contributed by atoms with E-state index in [1.807, 2.05) is 0 Å². The van der Waals surface area contributed by atoms with Crippen LogP contribution < -0.4 is 11.1 Å². The summed E-state index contributed by atoms with van der Waals surface area (Å²) in [5.74, 6) is -0.114. The van der Waals surface area contributed by atoms with Gasteiger partial charge in [0.25, 0.3) is 5.91 Å². The molecule has 1 aromatic carbocycles. The van der Waals surface area contributed by atoms with E-state index in [-0.39, 0.29) is 5.91 Å². The minimum absolute atomic E-state index is 0.114. The van der Waals surface area contributed by atoms with Gasteiger partial charge in [-0.05, 0) is 30.7 Å². The molecule has 1 heterocycles. The van der Waals surface area contributed by atoms with E-state index in [9.17, 15) is 14.7 Å². The highest BCUT2D eigenvalue weighted by atomic mass is 16.3. The molecule has 96 valence electrons. The van der Waals surface area contributed by atoms with Crippen molar-refractivity contribution in [1.29, 1.82) is 0 Å². The van der Waals surface area contributed by atoms with Gasteiger partial charge in [0.15, 0.2) is 0 Å². The molecule has 4 N–H and O–H groups in total. The molecule has 1 aliphatic heterocycles. The fourth-order valence-electron chi connectivity index (χ4n) is 1.95. The van der Waals surface area contributed by atoms with Crippen molar-refractivity contribution in [2.24, 2.45) is 5.73 Å². The minimum atomic E-state index is -0.642. The Hall–Kier alpha value is -2.08. The summed E-state index contributed by atoms with van der Waals surface area (Å²) in [6.07, 6.45) is 0.192. The number of β-amino-alcohol motifs (C(OH)–C–C–N with tert-alkyl or cyclic N) is 1. The Balaban J connectivity index is 2.05. The van der Waals surface area contributed by atoms with Crippen LogP contribution in [0.4, 0.5) is 10.5 Å². The standard InChI is InChI=1S/C12H15N3O3/c13-12(18)14-9-3-1-8(2-4-9)11(17)15-6-5-10(16)7-15/h1-4,10,16H,5-7H2,(H3,13,14,18)/t10-/m0/s1. The number of nitrogens with zero attached hydrogens (tertiary/aromatic N) is 1. The highest BCUT2D eigenvalue weighted by Crippen LogP contribution is 2.15. The maximum atomic E-state index is 12.0. The number of nitrogens with one attached hydrogen (secondary N) is 1. The molecule has 0 spiro atoms. The average Bonchev–Trinajstić information content (AvgIpc) is 2.75. The maximum Gasteiger partial charge on any atom is 0.316 e. The Morgan fingerprint density at radius 2 is 2.00 bits per heavy atom. The first-order valence-electron chi connectivity index (χ1n) is 5.70. The monoisotopic (exact) mass is 249 g/mol. The van der Waals surface area contributed by atoms with E-state index < -0.39 is 12.1 Å². The Morgan fingerprint density at radius 3 is 2.50 bits per heavy atom. The number of carbonyl (C=O) groups is 2. The molecule has 1 fully saturated rings. The maximum absolute atomic E-state index is 12.0. The summed E-state index contributed by atoms with van der Waals surface area (Å²) >= 11 is 0. The number of anilines is 1. The number of amides is 3. The molecule has 6 nitrogen and oxygen atoms in total. The normalized spacial score (nSPS) is 18.7. The van der Waals surface area contributed by atoms with Gasteiger partial charge in [-0.25, -0.2) is 4.79 Å². The second-order valence-corrected chi connectivity index (χ2v) is 4.26. The van der Waals surface area contributed by atoms with E-state index in [1.165, 1.54) is 0 Å². The molecule has 1 atom stereocenters. The first kappa shape index (κ1) is 12.4. The molecule has 6 heteroatoms. The number of hydrogen-bond acceptors (Lipinski definition) is 3. The quantitative estimate of drug-likeness (QED) is 0.707. The summed E-state index contributed by atoms with van der Waals surface area (Å²) in [5.41, 5.74) is 6.05. The van der Waals surface area contributed by atoms with Crippen LogP contribution in [0.2, 0.25) is 0 Å². The summed E-state index contributed by atoms with van der Waals surface area (Å²) in [4.78, 5) is 24.3. The Labute approximate surface area is 104 Å². The van der Waals surface area contributed by atoms with Crippen molar-refractivity contribution in [3.8, 4) is 0 Å². The van der Waals surface area contributed by atoms with Gasteiger partial charge < -0.3 is 21.1 Å². The molecule has 0 unspecified atom stereocenters. The number of carbonyl (C=O) groups excluding carboxylic acids is 2. The fraction of sp³-hybridized carbons (Fsp3) is 0.333. The predicted octanol–water partition coefficient (Wildman–Crippen LogP) is 0.384. The zero-order valence-corrected chi connectivity index (χ0v) is 9.80. The smallest absolute Gasteiger partial charge is 0.316 e. The van der Waals surface area contributed by atoms with Crippen LogP contribution in [0.3, 0.4) is 0 Å². The number of likely N-dealkylation sites (tertiary alicyclic amines) is 1. The van der Waals surface area contributed by atoms with Gasteiger partial charge >= 0.3 is 6.03 Å². The summed E-state index contributed by atoms with van der Waals surface area (Å²) in [6, 6.07) is 5.84. The number of rotatable bonds is 2. The van der Waals surface area contributed by atoms with Crippen LogP contribution in [0.25, 0.3) is 0 Å². The van der Waals surface area contributed by atoms with E-state index >= 15 is 0 Å². The third-order valence-electron chi connectivity index (χ3n) is 2.85. The van der Waals surface area contributed by atoms with Crippen LogP contribution in [0.1, 0.15) is 16.8 Å². The van der Waals surface area contributed by atoms with Crippen molar-refractivity contribution < 1.29 is 14.7 Å². The van der Waals surface area contributed by atoms with Crippen LogP contribution in [-0.4, -0.2) is 41.1 Å². The van der Waals surface area contributed by atoms with Crippen molar-refractivity contribution in [2.75, 3.05) is 18.4 Å². The molecular formula is C12H15N3O3. The van der Waals surface area contributed by atoms with Crippen LogP contribution in [0, 0.1) is 0 Å². The van der Waals surface area contributed by atoms with Gasteiger partial charge in [0.05, 0.1) is 6.10 Å². The summed E-state index contributed by atoms with van der Waals surface area (Å²) in [6.45, 7) is 0.946. The molecular weight excluding hydrogens is 234 g/mol. The number of aliphatic hydroxyl groups is 1. The lowest BCUT2D eigenvalue weighted by Gasteiger charge is -2.15. The van der Waals surface area contributed by atoms with Gasteiger partial charge in [-0.1, -0.05) is 0 Å². The summed E-state index contributed by atoms with van der Waals surface area (Å²) in [5, 5.41) is 11.8. The van der Waals surface area contributed by atoms with Crippen LogP contribution in [0.15, 0.2) is 24.3 Å². The van der Waals surface area contributed by atoms with Crippen molar-refractivity contribution in [2.45, 2.75) is 12.5 Å². The molecule has 1 saturated heterocycles. The van der Waals surface area contributed by atoms with Crippen molar-refractivity contribution in [3.63, 3.8) is 0 Å². The molecule has 3 amide bonds. The Kier molecular flexibility index (Phi) is 3.47. The van der Waals surface area contributed by atoms with E-state index in [4.69, 9.17) is 5.73 Å². The molecule has 0 radical (unpaired) electrons. The first-order valence-corrected chi connectivity index (χ1v) is 5.70. The summed E-state index contributed by atoms with van der Waals surface area (Å²) < 4.78 is 0. The number of benzene rings is 1. The zero-order chi connectivity index (χ0) is 13.1. The van der Waals surface area contributed by atoms with Crippen molar-refractivity contribution in [1.82, 2.24) is 4.90 Å². The third-order valence-corrected chi connectivity index (χ3v) is 2.85. The molecule has 2 rings (SSSR count). The lowest BCUT2D eigenvalue weighted by Crippen LogP contribution is -2.29. The minimum Gasteiger partial charge on any atom is -0.391 e. The number of urea groups is 1. The lowest BCUT2D eigenvalue weighted by atomic mass is 10.2. The highest BCUT2D eigenvalue weighted by Gasteiger charge is 2.25. The fourth-order valence-corrected chi connectivity index (χ4v) is 1.95.